The van der Waals surface area contributed by atoms with Gasteiger partial charge in [0.1, 0.15) is 17.3 Å². The van der Waals surface area contributed by atoms with Gasteiger partial charge in [-0.25, -0.2) is 9.59 Å². The quantitative estimate of drug-likeness (QED) is 0.122. The zero-order valence-electron chi connectivity index (χ0n) is 28.9. The van der Waals surface area contributed by atoms with Crippen molar-refractivity contribution < 1.29 is 53.0 Å². The Labute approximate surface area is 272 Å². The highest BCUT2D eigenvalue weighted by Gasteiger charge is 2.81. The van der Waals surface area contributed by atoms with Crippen molar-refractivity contribution in [3.05, 3.63) is 35.5 Å². The predicted molar refractivity (Wildman–Crippen MR) is 167 cm³/mol. The van der Waals surface area contributed by atoms with E-state index in [1.807, 2.05) is 0 Å². The van der Waals surface area contributed by atoms with Gasteiger partial charge < -0.3 is 38.6 Å². The number of aliphatic hydroxyl groups is 2. The number of hydrogen-bond acceptors (Lipinski definition) is 11. The second kappa shape index (κ2) is 12.8. The van der Waals surface area contributed by atoms with E-state index in [2.05, 4.69) is 13.5 Å². The molecule has 2 N–H and O–H groups in total. The molecule has 4 aliphatic rings. The molecule has 10 atom stereocenters. The summed E-state index contributed by atoms with van der Waals surface area (Å²) in [5.74, 6) is -2.50. The summed E-state index contributed by atoms with van der Waals surface area (Å²) in [5, 5.41) is 23.1. The molecule has 2 saturated heterocycles. The zero-order chi connectivity index (χ0) is 34.6. The summed E-state index contributed by atoms with van der Waals surface area (Å²) in [7, 11) is 0. The highest BCUT2D eigenvalue weighted by atomic mass is 16.7. The third kappa shape index (κ3) is 5.98. The molecule has 2 saturated carbocycles. The van der Waals surface area contributed by atoms with E-state index in [1.165, 1.54) is 0 Å². The van der Waals surface area contributed by atoms with Crippen molar-refractivity contribution in [2.45, 2.75) is 155 Å². The summed E-state index contributed by atoms with van der Waals surface area (Å²) in [6.07, 6.45) is -2.14. The maximum Gasteiger partial charge on any atom is 0.333 e. The van der Waals surface area contributed by atoms with Crippen LogP contribution in [-0.2, 0) is 42.8 Å². The molecule has 0 bridgehead atoms. The van der Waals surface area contributed by atoms with E-state index in [4.69, 9.17) is 28.4 Å². The number of hydrogen-bond donors (Lipinski definition) is 2. The molecule has 258 valence electrons. The smallest absolute Gasteiger partial charge is 0.333 e. The lowest BCUT2D eigenvalue weighted by Crippen LogP contribution is -2.67. The first-order valence-electron chi connectivity index (χ1n) is 16.3. The number of aliphatic hydroxyl groups excluding tert-OH is 1. The Morgan fingerprint density at radius 2 is 1.54 bits per heavy atom. The maximum atomic E-state index is 13.2. The Kier molecular flexibility index (Phi) is 10.1. The summed E-state index contributed by atoms with van der Waals surface area (Å²) in [5.41, 5.74) is -3.00. The Hall–Kier alpha value is -2.57. The summed E-state index contributed by atoms with van der Waals surface area (Å²) in [6, 6.07) is 0. The van der Waals surface area contributed by atoms with Gasteiger partial charge in [-0.15, -0.1) is 0 Å². The third-order valence-corrected chi connectivity index (χ3v) is 10.8. The summed E-state index contributed by atoms with van der Waals surface area (Å²) in [4.78, 5) is 39.2. The average Bonchev–Trinajstić information content (AvgIpc) is 3.78. The van der Waals surface area contributed by atoms with E-state index in [0.29, 0.717) is 30.4 Å². The Balaban J connectivity index is 1.72. The van der Waals surface area contributed by atoms with Crippen LogP contribution in [0.1, 0.15) is 94.9 Å². The predicted octanol–water partition coefficient (Wildman–Crippen LogP) is 4.23. The monoisotopic (exact) mass is 648 g/mol. The Morgan fingerprint density at radius 1 is 0.978 bits per heavy atom. The fourth-order valence-electron chi connectivity index (χ4n) is 7.09. The third-order valence-electron chi connectivity index (χ3n) is 10.8. The standard InChI is InChI=1S/C35H52O11/c1-12-19(5)28(38)42-24-22(8)41-30(26(44-29(39)20(6)13-2)25(24)43-27(37)18(3)4)45-32(9,10)34(40)17-16-33(11)15-14-23(36)21(7)35(33)31(34)46-35/h12-13,18,22-26,30-31,36,40H,7,14-17H2,1-6,8-11H3/b19-12-,20-13-/t22-,23-,24+,25+,26-,30?,31-,33-,34-,35-/m1/s1. The summed E-state index contributed by atoms with van der Waals surface area (Å²) >= 11 is 0. The van der Waals surface area contributed by atoms with Crippen molar-refractivity contribution in [3.63, 3.8) is 0 Å². The second-order valence-corrected chi connectivity index (χ2v) is 14.4. The minimum Gasteiger partial charge on any atom is -0.454 e. The van der Waals surface area contributed by atoms with E-state index in [0.717, 1.165) is 6.42 Å². The molecule has 11 heteroatoms. The molecule has 0 aromatic rings. The molecule has 1 spiro atoms. The van der Waals surface area contributed by atoms with E-state index >= 15 is 0 Å². The molecule has 46 heavy (non-hydrogen) atoms. The van der Waals surface area contributed by atoms with Gasteiger partial charge in [0, 0.05) is 16.6 Å². The van der Waals surface area contributed by atoms with Gasteiger partial charge in [-0.05, 0) is 79.7 Å². The largest absolute Gasteiger partial charge is 0.454 e. The lowest BCUT2D eigenvalue weighted by atomic mass is 9.53. The second-order valence-electron chi connectivity index (χ2n) is 14.4. The molecule has 0 aromatic heterocycles. The number of epoxide rings is 1. The molecule has 2 aliphatic heterocycles. The van der Waals surface area contributed by atoms with Crippen LogP contribution in [0.4, 0.5) is 0 Å². The topological polar surface area (TPSA) is 150 Å². The van der Waals surface area contributed by atoms with Crippen LogP contribution in [0.15, 0.2) is 35.5 Å². The lowest BCUT2D eigenvalue weighted by molar-refractivity contribution is -0.341. The van der Waals surface area contributed by atoms with Gasteiger partial charge in [-0.3, -0.25) is 4.79 Å². The molecule has 0 aromatic carbocycles. The fraction of sp³-hybridized carbons (Fsp3) is 0.743. The van der Waals surface area contributed by atoms with Crippen molar-refractivity contribution in [2.24, 2.45) is 11.3 Å². The Morgan fingerprint density at radius 3 is 2.09 bits per heavy atom. The zero-order valence-corrected chi connectivity index (χ0v) is 28.9. The van der Waals surface area contributed by atoms with Gasteiger partial charge in [-0.2, -0.15) is 0 Å². The van der Waals surface area contributed by atoms with Crippen molar-refractivity contribution in [1.29, 1.82) is 0 Å². The van der Waals surface area contributed by atoms with Crippen LogP contribution >= 0.6 is 0 Å². The fourth-order valence-corrected chi connectivity index (χ4v) is 7.09. The first-order chi connectivity index (χ1) is 21.3. The van der Waals surface area contributed by atoms with Crippen LogP contribution in [0.5, 0.6) is 0 Å². The summed E-state index contributed by atoms with van der Waals surface area (Å²) < 4.78 is 36.9. The Bertz CT molecular complexity index is 1300. The average molecular weight is 649 g/mol. The molecule has 1 unspecified atom stereocenters. The van der Waals surface area contributed by atoms with E-state index in [-0.39, 0.29) is 11.0 Å². The van der Waals surface area contributed by atoms with Crippen molar-refractivity contribution in [2.75, 3.05) is 0 Å². The van der Waals surface area contributed by atoms with Gasteiger partial charge in [0.05, 0.1) is 23.7 Å². The molecule has 2 heterocycles. The first-order valence-corrected chi connectivity index (χ1v) is 16.3. The van der Waals surface area contributed by atoms with Gasteiger partial charge in [0.15, 0.2) is 24.6 Å². The SMILES string of the molecule is C=C1[C@H](O)CC[C@]2(C)CC[C@](O)(C(C)(C)OC3O[C@H](C)[C@H](OC(=O)/C(C)=C\C)[C@H](OC(=O)C(C)C)[C@H]3OC(=O)/C(C)=C\C)[C@H]3O[C@]132. The van der Waals surface area contributed by atoms with Crippen LogP contribution in [-0.4, -0.2) is 87.8 Å². The van der Waals surface area contributed by atoms with Crippen LogP contribution in [0.25, 0.3) is 0 Å². The van der Waals surface area contributed by atoms with Crippen LogP contribution in [0.2, 0.25) is 0 Å². The molecular weight excluding hydrogens is 596 g/mol. The molecule has 0 radical (unpaired) electrons. The van der Waals surface area contributed by atoms with E-state index in [1.54, 1.807) is 74.5 Å². The lowest BCUT2D eigenvalue weighted by Gasteiger charge is -2.54. The molecule has 11 nitrogen and oxygen atoms in total. The van der Waals surface area contributed by atoms with E-state index in [9.17, 15) is 24.6 Å². The van der Waals surface area contributed by atoms with Crippen LogP contribution in [0, 0.1) is 11.3 Å². The van der Waals surface area contributed by atoms with Crippen molar-refractivity contribution in [1.82, 2.24) is 0 Å². The molecule has 2 aliphatic carbocycles. The summed E-state index contributed by atoms with van der Waals surface area (Å²) in [6.45, 7) is 21.2. The molecule has 4 fully saturated rings. The highest BCUT2D eigenvalue weighted by molar-refractivity contribution is 5.88. The molecule has 0 amide bonds. The number of allylic oxidation sites excluding steroid dienone is 2. The normalized spacial score (nSPS) is 39.7. The highest BCUT2D eigenvalue weighted by Crippen LogP contribution is 2.70. The number of carbonyl (C=O) groups is 3. The van der Waals surface area contributed by atoms with Crippen LogP contribution < -0.4 is 0 Å². The number of rotatable bonds is 9. The van der Waals surface area contributed by atoms with Crippen LogP contribution in [0.3, 0.4) is 0 Å². The van der Waals surface area contributed by atoms with Crippen molar-refractivity contribution >= 4 is 17.9 Å². The number of esters is 3. The van der Waals surface area contributed by atoms with Gasteiger partial charge in [0.25, 0.3) is 0 Å². The minimum absolute atomic E-state index is 0.289. The first kappa shape index (κ1) is 36.3. The van der Waals surface area contributed by atoms with E-state index < -0.39 is 83.5 Å². The molecule has 4 rings (SSSR count). The van der Waals surface area contributed by atoms with Gasteiger partial charge >= 0.3 is 17.9 Å². The minimum atomic E-state index is -1.57. The molecular formula is C35H52O11. The number of carbonyl (C=O) groups excluding carboxylic acids is 3. The van der Waals surface area contributed by atoms with Gasteiger partial charge in [0.2, 0.25) is 0 Å². The van der Waals surface area contributed by atoms with Crippen molar-refractivity contribution in [3.8, 4) is 0 Å². The van der Waals surface area contributed by atoms with Gasteiger partial charge in [-0.1, -0.05) is 39.5 Å². The maximum absolute atomic E-state index is 13.2. The number of ether oxygens (including phenoxy) is 6.